The Kier molecular flexibility index (Phi) is 5.61. The summed E-state index contributed by atoms with van der Waals surface area (Å²) in [7, 11) is -1.87. The van der Waals surface area contributed by atoms with Crippen molar-refractivity contribution >= 4 is 23.2 Å². The second kappa shape index (κ2) is 7.74. The molecule has 0 bridgehead atoms. The van der Waals surface area contributed by atoms with Gasteiger partial charge in [-0.1, -0.05) is 61.5 Å². The summed E-state index contributed by atoms with van der Waals surface area (Å²) in [5.41, 5.74) is -0.719. The lowest BCUT2D eigenvalue weighted by Crippen LogP contribution is -2.40. The van der Waals surface area contributed by atoms with E-state index in [1.165, 1.54) is 15.9 Å². The maximum atomic E-state index is 10.7. The summed E-state index contributed by atoms with van der Waals surface area (Å²) in [6.45, 7) is 6.02. The molecule has 0 saturated heterocycles. The average molecular weight is 363 g/mol. The molecule has 0 aromatic heterocycles. The predicted molar refractivity (Wildman–Crippen MR) is 115 cm³/mol. The molecule has 0 aliphatic heterocycles. The van der Waals surface area contributed by atoms with Gasteiger partial charge in [0.15, 0.2) is 0 Å². The second-order valence-corrected chi connectivity index (χ2v) is 11.1. The van der Waals surface area contributed by atoms with Gasteiger partial charge in [-0.25, -0.2) is 0 Å². The third kappa shape index (κ3) is 3.75. The molecule has 0 aliphatic carbocycles. The summed E-state index contributed by atoms with van der Waals surface area (Å²) >= 11 is 0. The normalized spacial score (nSPS) is 13.4. The highest BCUT2D eigenvalue weighted by Gasteiger charge is 2.48. The fourth-order valence-corrected chi connectivity index (χ4v) is 8.28. The monoisotopic (exact) mass is 363 g/mol. The molecule has 0 fully saturated rings. The molecule has 0 saturated carbocycles. The zero-order valence-electron chi connectivity index (χ0n) is 15.8. The molecule has 3 aromatic rings. The second-order valence-electron chi connectivity index (χ2n) is 7.55. The Balaban J connectivity index is 2.28. The van der Waals surface area contributed by atoms with Gasteiger partial charge in [-0.05, 0) is 50.2 Å². The van der Waals surface area contributed by atoms with Crippen LogP contribution in [-0.4, -0.2) is 16.9 Å². The molecule has 1 atom stereocenters. The lowest BCUT2D eigenvalue weighted by Gasteiger charge is -2.34. The van der Waals surface area contributed by atoms with Gasteiger partial charge in [-0.3, -0.25) is 0 Å². The highest BCUT2D eigenvalue weighted by Crippen LogP contribution is 2.57. The fourth-order valence-electron chi connectivity index (χ4n) is 3.45. The zero-order valence-corrected chi connectivity index (χ0v) is 16.7. The Morgan fingerprint density at radius 1 is 0.692 bits per heavy atom. The molecule has 0 amide bonds. The Hall–Kier alpha value is -1.95. The summed E-state index contributed by atoms with van der Waals surface area (Å²) in [6.07, 6.45) is 0.939. The summed E-state index contributed by atoms with van der Waals surface area (Å²) in [6, 6.07) is 32.5. The largest absolute Gasteiger partial charge is 0.390 e. The van der Waals surface area contributed by atoms with Crippen LogP contribution >= 0.6 is 7.26 Å². The molecule has 0 heterocycles. The van der Waals surface area contributed by atoms with Crippen molar-refractivity contribution in [1.82, 2.24) is 0 Å². The van der Waals surface area contributed by atoms with Gasteiger partial charge in [-0.15, -0.1) is 0 Å². The molecule has 1 nitrogen and oxygen atoms in total. The van der Waals surface area contributed by atoms with Crippen molar-refractivity contribution in [2.45, 2.75) is 26.4 Å². The van der Waals surface area contributed by atoms with Crippen LogP contribution in [-0.2, 0) is 0 Å². The van der Waals surface area contributed by atoms with E-state index in [4.69, 9.17) is 0 Å². The lowest BCUT2D eigenvalue weighted by molar-refractivity contribution is 0.0342. The molecule has 26 heavy (non-hydrogen) atoms. The van der Waals surface area contributed by atoms with E-state index >= 15 is 0 Å². The van der Waals surface area contributed by atoms with Crippen molar-refractivity contribution in [2.75, 3.05) is 6.16 Å². The first-order valence-corrected chi connectivity index (χ1v) is 11.2. The summed E-state index contributed by atoms with van der Waals surface area (Å²) < 4.78 is 0. The number of rotatable bonds is 6. The van der Waals surface area contributed by atoms with Gasteiger partial charge < -0.3 is 5.11 Å². The standard InChI is InChI=1S/C24H28OP/c1-20(24(2,3)25)19-26(21-13-7-4-8-14-21,22-15-9-5-10-16-22)23-17-11-6-12-18-23/h4-18,20,25H,19H2,1-3H3/q+1/t20-/m0/s1. The van der Waals surface area contributed by atoms with E-state index in [1.807, 2.05) is 13.8 Å². The van der Waals surface area contributed by atoms with Crippen LogP contribution in [0.15, 0.2) is 91.0 Å². The van der Waals surface area contributed by atoms with Crippen LogP contribution in [0.1, 0.15) is 20.8 Å². The van der Waals surface area contributed by atoms with Gasteiger partial charge >= 0.3 is 0 Å². The van der Waals surface area contributed by atoms with Gasteiger partial charge in [0.2, 0.25) is 0 Å². The highest BCUT2D eigenvalue weighted by molar-refractivity contribution is 7.95. The van der Waals surface area contributed by atoms with Gasteiger partial charge in [0.1, 0.15) is 23.2 Å². The van der Waals surface area contributed by atoms with Gasteiger partial charge in [0, 0.05) is 5.92 Å². The van der Waals surface area contributed by atoms with Crippen LogP contribution in [0.3, 0.4) is 0 Å². The van der Waals surface area contributed by atoms with Crippen LogP contribution in [0.2, 0.25) is 0 Å². The van der Waals surface area contributed by atoms with E-state index in [2.05, 4.69) is 97.9 Å². The minimum atomic E-state index is -1.87. The Morgan fingerprint density at radius 2 is 1.00 bits per heavy atom. The summed E-state index contributed by atoms with van der Waals surface area (Å²) in [5.74, 6) is 0.163. The van der Waals surface area contributed by atoms with Gasteiger partial charge in [0.05, 0.1) is 11.8 Å². The van der Waals surface area contributed by atoms with Crippen LogP contribution in [0.4, 0.5) is 0 Å². The maximum Gasteiger partial charge on any atom is 0.112 e. The topological polar surface area (TPSA) is 20.2 Å². The van der Waals surface area contributed by atoms with E-state index in [9.17, 15) is 5.11 Å². The molecular weight excluding hydrogens is 335 g/mol. The average Bonchev–Trinajstić information content (AvgIpc) is 2.67. The number of benzene rings is 3. The molecule has 2 heteroatoms. The number of hydrogen-bond acceptors (Lipinski definition) is 1. The first-order valence-electron chi connectivity index (χ1n) is 9.22. The first kappa shape index (κ1) is 18.8. The van der Waals surface area contributed by atoms with E-state index in [0.717, 1.165) is 6.16 Å². The third-order valence-corrected chi connectivity index (χ3v) is 9.98. The lowest BCUT2D eigenvalue weighted by atomic mass is 9.95. The van der Waals surface area contributed by atoms with Crippen LogP contribution in [0.25, 0.3) is 0 Å². The van der Waals surface area contributed by atoms with E-state index < -0.39 is 12.9 Å². The summed E-state index contributed by atoms with van der Waals surface area (Å²) in [5, 5.41) is 14.8. The zero-order chi connectivity index (χ0) is 18.6. The van der Waals surface area contributed by atoms with Crippen molar-refractivity contribution in [3.05, 3.63) is 91.0 Å². The number of hydrogen-bond donors (Lipinski definition) is 1. The smallest absolute Gasteiger partial charge is 0.112 e. The highest BCUT2D eigenvalue weighted by atomic mass is 31.2. The minimum absolute atomic E-state index is 0.163. The van der Waals surface area contributed by atoms with Crippen molar-refractivity contribution in [3.63, 3.8) is 0 Å². The van der Waals surface area contributed by atoms with Gasteiger partial charge in [-0.2, -0.15) is 0 Å². The third-order valence-electron chi connectivity index (χ3n) is 5.34. The molecule has 134 valence electrons. The van der Waals surface area contributed by atoms with Crippen LogP contribution in [0, 0.1) is 5.92 Å². The molecule has 0 unspecified atom stereocenters. The minimum Gasteiger partial charge on any atom is -0.390 e. The van der Waals surface area contributed by atoms with Crippen molar-refractivity contribution in [2.24, 2.45) is 5.92 Å². The molecular formula is C24H28OP+. The Bertz CT molecular complexity index is 710. The van der Waals surface area contributed by atoms with Crippen LogP contribution in [0.5, 0.6) is 0 Å². The molecule has 0 spiro atoms. The van der Waals surface area contributed by atoms with Crippen molar-refractivity contribution in [1.29, 1.82) is 0 Å². The summed E-state index contributed by atoms with van der Waals surface area (Å²) in [4.78, 5) is 0. The number of aliphatic hydroxyl groups is 1. The fraction of sp³-hybridized carbons (Fsp3) is 0.250. The Labute approximate surface area is 158 Å². The molecule has 0 aliphatic rings. The van der Waals surface area contributed by atoms with E-state index in [1.54, 1.807) is 0 Å². The predicted octanol–water partition coefficient (Wildman–Crippen LogP) is 4.39. The molecule has 3 aromatic carbocycles. The van der Waals surface area contributed by atoms with Gasteiger partial charge in [0.25, 0.3) is 0 Å². The molecule has 1 N–H and O–H groups in total. The van der Waals surface area contributed by atoms with Crippen LogP contribution < -0.4 is 15.9 Å². The molecule has 3 rings (SSSR count). The van der Waals surface area contributed by atoms with Crippen molar-refractivity contribution in [3.8, 4) is 0 Å². The quantitative estimate of drug-likeness (QED) is 0.644. The maximum absolute atomic E-state index is 10.7. The van der Waals surface area contributed by atoms with E-state index in [0.29, 0.717) is 0 Å². The SMILES string of the molecule is C[C@@H](C[P+](c1ccccc1)(c1ccccc1)c1ccccc1)C(C)(C)O. The van der Waals surface area contributed by atoms with Crippen molar-refractivity contribution < 1.29 is 5.11 Å². The molecule has 0 radical (unpaired) electrons. The van der Waals surface area contributed by atoms with E-state index in [-0.39, 0.29) is 5.92 Å². The Morgan fingerprint density at radius 3 is 1.27 bits per heavy atom. The first-order chi connectivity index (χ1) is 12.4.